The van der Waals surface area contributed by atoms with Gasteiger partial charge in [-0.3, -0.25) is 0 Å². The Balaban J connectivity index is 2.13. The number of para-hydroxylation sites is 1. The van der Waals surface area contributed by atoms with Crippen molar-refractivity contribution in [2.45, 2.75) is 77.4 Å². The second-order valence-corrected chi connectivity index (χ2v) is 6.50. The summed E-state index contributed by atoms with van der Waals surface area (Å²) in [7, 11) is 0. The monoisotopic (exact) mass is 289 g/mol. The molecule has 0 bridgehead atoms. The quantitative estimate of drug-likeness (QED) is 0.833. The zero-order chi connectivity index (χ0) is 15.1. The van der Waals surface area contributed by atoms with Gasteiger partial charge in [0.1, 0.15) is 11.9 Å². The van der Waals surface area contributed by atoms with E-state index in [1.54, 1.807) is 0 Å². The molecule has 2 atom stereocenters. The lowest BCUT2D eigenvalue weighted by Gasteiger charge is -2.31. The Morgan fingerprint density at radius 2 is 1.81 bits per heavy atom. The summed E-state index contributed by atoms with van der Waals surface area (Å²) >= 11 is 0. The number of benzene rings is 1. The number of nitrogens with one attached hydrogen (secondary N) is 1. The van der Waals surface area contributed by atoms with Crippen LogP contribution in [0.1, 0.15) is 70.8 Å². The van der Waals surface area contributed by atoms with Gasteiger partial charge in [-0.15, -0.1) is 0 Å². The molecular formula is C19H31NO. The van der Waals surface area contributed by atoms with Gasteiger partial charge < -0.3 is 10.1 Å². The fourth-order valence-electron chi connectivity index (χ4n) is 3.32. The van der Waals surface area contributed by atoms with Crippen molar-refractivity contribution in [3.8, 4) is 5.75 Å². The molecule has 0 amide bonds. The zero-order valence-corrected chi connectivity index (χ0v) is 13.9. The first-order valence-electron chi connectivity index (χ1n) is 8.71. The third kappa shape index (κ3) is 4.74. The van der Waals surface area contributed by atoms with Gasteiger partial charge in [0.25, 0.3) is 0 Å². The summed E-state index contributed by atoms with van der Waals surface area (Å²) in [5.41, 5.74) is 1.33. The molecule has 1 aromatic rings. The molecule has 2 nitrogen and oxygen atoms in total. The Morgan fingerprint density at radius 3 is 2.52 bits per heavy atom. The minimum atomic E-state index is 0.310. The second kappa shape index (κ2) is 8.43. The van der Waals surface area contributed by atoms with Crippen LogP contribution in [0.5, 0.6) is 5.75 Å². The molecule has 1 N–H and O–H groups in total. The van der Waals surface area contributed by atoms with Gasteiger partial charge in [0.2, 0.25) is 0 Å². The standard InChI is InChI=1S/C19H31NO/c1-4-20-17-12-7-5-6-8-14-19(17)21-18-13-10-9-11-16(18)15(2)3/h9-11,13,15,17,19-20H,4-8,12,14H2,1-3H3. The maximum Gasteiger partial charge on any atom is 0.123 e. The van der Waals surface area contributed by atoms with E-state index >= 15 is 0 Å². The maximum atomic E-state index is 6.49. The van der Waals surface area contributed by atoms with E-state index in [-0.39, 0.29) is 0 Å². The fraction of sp³-hybridized carbons (Fsp3) is 0.684. The van der Waals surface area contributed by atoms with E-state index in [0.29, 0.717) is 18.1 Å². The summed E-state index contributed by atoms with van der Waals surface area (Å²) in [4.78, 5) is 0. The minimum Gasteiger partial charge on any atom is -0.489 e. The van der Waals surface area contributed by atoms with Crippen LogP contribution in [0.3, 0.4) is 0 Å². The summed E-state index contributed by atoms with van der Waals surface area (Å²) in [6.07, 6.45) is 8.05. The first-order chi connectivity index (χ1) is 10.2. The van der Waals surface area contributed by atoms with Crippen LogP contribution < -0.4 is 10.1 Å². The molecule has 2 heteroatoms. The number of rotatable bonds is 5. The molecule has 0 spiro atoms. The summed E-state index contributed by atoms with van der Waals surface area (Å²) in [6.45, 7) is 7.69. The van der Waals surface area contributed by atoms with E-state index in [9.17, 15) is 0 Å². The molecule has 2 unspecified atom stereocenters. The van der Waals surface area contributed by atoms with Crippen molar-refractivity contribution in [1.82, 2.24) is 5.32 Å². The predicted octanol–water partition coefficient (Wildman–Crippen LogP) is 4.89. The van der Waals surface area contributed by atoms with Crippen LogP contribution in [0.2, 0.25) is 0 Å². The lowest BCUT2D eigenvalue weighted by Crippen LogP contribution is -2.43. The minimum absolute atomic E-state index is 0.310. The molecule has 1 fully saturated rings. The van der Waals surface area contributed by atoms with Crippen LogP contribution in [0.15, 0.2) is 24.3 Å². The molecule has 1 saturated carbocycles. The zero-order valence-electron chi connectivity index (χ0n) is 13.9. The van der Waals surface area contributed by atoms with Crippen LogP contribution in [0.25, 0.3) is 0 Å². The van der Waals surface area contributed by atoms with Gasteiger partial charge in [-0.1, -0.05) is 58.2 Å². The molecule has 0 aliphatic heterocycles. The van der Waals surface area contributed by atoms with Crippen molar-refractivity contribution in [2.24, 2.45) is 0 Å². The number of likely N-dealkylation sites (N-methyl/N-ethyl adjacent to an activating group) is 1. The number of hydrogen-bond donors (Lipinski definition) is 1. The summed E-state index contributed by atoms with van der Waals surface area (Å²) in [5, 5.41) is 3.65. The summed E-state index contributed by atoms with van der Waals surface area (Å²) in [5.74, 6) is 1.59. The van der Waals surface area contributed by atoms with Gasteiger partial charge in [-0.05, 0) is 43.4 Å². The Bertz CT molecular complexity index is 416. The Morgan fingerprint density at radius 1 is 1.10 bits per heavy atom. The molecule has 0 radical (unpaired) electrons. The highest BCUT2D eigenvalue weighted by atomic mass is 16.5. The molecule has 2 rings (SSSR count). The molecule has 1 aliphatic carbocycles. The van der Waals surface area contributed by atoms with Crippen molar-refractivity contribution in [3.05, 3.63) is 29.8 Å². The van der Waals surface area contributed by atoms with E-state index in [1.807, 2.05) is 0 Å². The molecule has 0 heterocycles. The summed E-state index contributed by atoms with van der Waals surface area (Å²) in [6, 6.07) is 9.03. The van der Waals surface area contributed by atoms with Crippen molar-refractivity contribution in [1.29, 1.82) is 0 Å². The average molecular weight is 289 g/mol. The SMILES string of the molecule is CCNC1CCCCCCC1Oc1ccccc1C(C)C. The second-order valence-electron chi connectivity index (χ2n) is 6.50. The van der Waals surface area contributed by atoms with Crippen LogP contribution in [-0.2, 0) is 0 Å². The molecule has 1 aliphatic rings. The first kappa shape index (κ1) is 16.4. The Hall–Kier alpha value is -1.02. The van der Waals surface area contributed by atoms with Gasteiger partial charge in [0, 0.05) is 6.04 Å². The molecule has 21 heavy (non-hydrogen) atoms. The normalized spacial score (nSPS) is 23.6. The summed E-state index contributed by atoms with van der Waals surface area (Å²) < 4.78 is 6.49. The van der Waals surface area contributed by atoms with Crippen molar-refractivity contribution >= 4 is 0 Å². The topological polar surface area (TPSA) is 21.3 Å². The third-order valence-electron chi connectivity index (χ3n) is 4.49. The van der Waals surface area contributed by atoms with Crippen LogP contribution in [0.4, 0.5) is 0 Å². The third-order valence-corrected chi connectivity index (χ3v) is 4.49. The van der Waals surface area contributed by atoms with Crippen molar-refractivity contribution in [2.75, 3.05) is 6.54 Å². The lowest BCUT2D eigenvalue weighted by molar-refractivity contribution is 0.126. The van der Waals surface area contributed by atoms with Crippen LogP contribution in [0, 0.1) is 0 Å². The Labute approximate surface area is 130 Å². The molecule has 0 aromatic heterocycles. The van der Waals surface area contributed by atoms with Gasteiger partial charge in [-0.25, -0.2) is 0 Å². The van der Waals surface area contributed by atoms with Crippen LogP contribution >= 0.6 is 0 Å². The van der Waals surface area contributed by atoms with Crippen molar-refractivity contribution in [3.63, 3.8) is 0 Å². The van der Waals surface area contributed by atoms with E-state index < -0.39 is 0 Å². The maximum absolute atomic E-state index is 6.49. The smallest absolute Gasteiger partial charge is 0.123 e. The van der Waals surface area contributed by atoms with Crippen molar-refractivity contribution < 1.29 is 4.74 Å². The van der Waals surface area contributed by atoms with Gasteiger partial charge in [0.05, 0.1) is 0 Å². The molecule has 118 valence electrons. The predicted molar refractivity (Wildman–Crippen MR) is 90.1 cm³/mol. The molecule has 0 saturated heterocycles. The highest BCUT2D eigenvalue weighted by Crippen LogP contribution is 2.29. The fourth-order valence-corrected chi connectivity index (χ4v) is 3.32. The van der Waals surface area contributed by atoms with Crippen LogP contribution in [-0.4, -0.2) is 18.7 Å². The average Bonchev–Trinajstić information content (AvgIpc) is 2.46. The van der Waals surface area contributed by atoms with E-state index in [0.717, 1.165) is 12.3 Å². The van der Waals surface area contributed by atoms with E-state index in [4.69, 9.17) is 4.74 Å². The first-order valence-corrected chi connectivity index (χ1v) is 8.71. The van der Waals surface area contributed by atoms with Gasteiger partial charge in [0.15, 0.2) is 0 Å². The highest BCUT2D eigenvalue weighted by Gasteiger charge is 2.24. The van der Waals surface area contributed by atoms with Gasteiger partial charge in [-0.2, -0.15) is 0 Å². The van der Waals surface area contributed by atoms with Gasteiger partial charge >= 0.3 is 0 Å². The molecule has 1 aromatic carbocycles. The van der Waals surface area contributed by atoms with E-state index in [1.165, 1.54) is 44.1 Å². The van der Waals surface area contributed by atoms with E-state index in [2.05, 4.69) is 50.4 Å². The number of ether oxygens (including phenoxy) is 1. The molecular weight excluding hydrogens is 258 g/mol. The largest absolute Gasteiger partial charge is 0.489 e. The lowest BCUT2D eigenvalue weighted by atomic mass is 9.93. The Kier molecular flexibility index (Phi) is 6.56. The highest BCUT2D eigenvalue weighted by molar-refractivity contribution is 5.35. The number of hydrogen-bond acceptors (Lipinski definition) is 2.